The standard InChI is InChI=1S/C14H21F3N4O.2ClH/c1-9(2)8-21-13(22)11(20-6-4-18-5-7-20)10(3)12(19-21)14(15,16)17;;/h9,18H,4-8H2,1-3H3;2*1H. The number of alkyl halides is 3. The highest BCUT2D eigenvalue weighted by Crippen LogP contribution is 2.32. The predicted molar refractivity (Wildman–Crippen MR) is 92.7 cm³/mol. The van der Waals surface area contributed by atoms with Crippen LogP contribution >= 0.6 is 24.8 Å². The monoisotopic (exact) mass is 390 g/mol. The van der Waals surface area contributed by atoms with E-state index in [9.17, 15) is 18.0 Å². The van der Waals surface area contributed by atoms with Gasteiger partial charge in [-0.05, 0) is 12.8 Å². The molecule has 1 N–H and O–H groups in total. The second kappa shape index (κ2) is 8.92. The number of anilines is 1. The molecule has 0 radical (unpaired) electrons. The minimum Gasteiger partial charge on any atom is -0.364 e. The highest BCUT2D eigenvalue weighted by Gasteiger charge is 2.38. The molecule has 140 valence electrons. The Morgan fingerprint density at radius 2 is 1.75 bits per heavy atom. The second-order valence-corrected chi connectivity index (χ2v) is 5.94. The van der Waals surface area contributed by atoms with Crippen LogP contribution in [0, 0.1) is 12.8 Å². The minimum absolute atomic E-state index is 0. The van der Waals surface area contributed by atoms with Crippen molar-refractivity contribution in [3.63, 3.8) is 0 Å². The van der Waals surface area contributed by atoms with E-state index in [2.05, 4.69) is 10.4 Å². The first kappa shape index (κ1) is 23.0. The van der Waals surface area contributed by atoms with Crippen LogP contribution in [0.4, 0.5) is 18.9 Å². The minimum atomic E-state index is -4.57. The summed E-state index contributed by atoms with van der Waals surface area (Å²) in [6.07, 6.45) is -4.57. The number of nitrogens with zero attached hydrogens (tertiary/aromatic N) is 3. The lowest BCUT2D eigenvalue weighted by Crippen LogP contribution is -2.47. The Labute approximate surface area is 151 Å². The molecule has 5 nitrogen and oxygen atoms in total. The van der Waals surface area contributed by atoms with Crippen LogP contribution in [0.1, 0.15) is 25.1 Å². The fourth-order valence-corrected chi connectivity index (χ4v) is 2.64. The van der Waals surface area contributed by atoms with Gasteiger partial charge in [-0.15, -0.1) is 24.8 Å². The van der Waals surface area contributed by atoms with Gasteiger partial charge < -0.3 is 10.2 Å². The zero-order valence-corrected chi connectivity index (χ0v) is 15.4. The molecule has 0 bridgehead atoms. The summed E-state index contributed by atoms with van der Waals surface area (Å²) in [5.41, 5.74) is -1.37. The Kier molecular flexibility index (Phi) is 8.55. The predicted octanol–water partition coefficient (Wildman–Crippen LogP) is 2.48. The van der Waals surface area contributed by atoms with E-state index in [1.165, 1.54) is 6.92 Å². The van der Waals surface area contributed by atoms with Crippen molar-refractivity contribution in [2.75, 3.05) is 31.1 Å². The summed E-state index contributed by atoms with van der Waals surface area (Å²) in [7, 11) is 0. The highest BCUT2D eigenvalue weighted by atomic mass is 35.5. The molecule has 0 saturated carbocycles. The average Bonchev–Trinajstić information content (AvgIpc) is 2.41. The van der Waals surface area contributed by atoms with Crippen LogP contribution in [-0.4, -0.2) is 36.0 Å². The first-order chi connectivity index (χ1) is 10.2. The molecule has 1 aliphatic heterocycles. The van der Waals surface area contributed by atoms with Gasteiger partial charge in [0.25, 0.3) is 5.56 Å². The molecule has 1 aromatic heterocycles. The summed E-state index contributed by atoms with van der Waals surface area (Å²) in [5, 5.41) is 6.70. The van der Waals surface area contributed by atoms with Crippen LogP contribution in [0.3, 0.4) is 0 Å². The van der Waals surface area contributed by atoms with Crippen LogP contribution in [0.25, 0.3) is 0 Å². The lowest BCUT2D eigenvalue weighted by molar-refractivity contribution is -0.142. The van der Waals surface area contributed by atoms with E-state index in [1.807, 2.05) is 13.8 Å². The zero-order valence-electron chi connectivity index (χ0n) is 13.8. The summed E-state index contributed by atoms with van der Waals surface area (Å²) in [5.74, 6) is 0.0323. The molecule has 0 aromatic carbocycles. The quantitative estimate of drug-likeness (QED) is 0.861. The Morgan fingerprint density at radius 1 is 1.21 bits per heavy atom. The number of rotatable bonds is 3. The summed E-state index contributed by atoms with van der Waals surface area (Å²) in [4.78, 5) is 14.3. The molecule has 1 aromatic rings. The fourth-order valence-electron chi connectivity index (χ4n) is 2.64. The zero-order chi connectivity index (χ0) is 16.5. The normalized spacial score (nSPS) is 15.0. The number of halogens is 5. The first-order valence-electron chi connectivity index (χ1n) is 7.36. The molecular weight excluding hydrogens is 368 g/mol. The molecule has 2 heterocycles. The summed E-state index contributed by atoms with van der Waals surface area (Å²) < 4.78 is 40.7. The van der Waals surface area contributed by atoms with Crippen LogP contribution in [-0.2, 0) is 12.7 Å². The van der Waals surface area contributed by atoms with Crippen LogP contribution in [0.5, 0.6) is 0 Å². The maximum Gasteiger partial charge on any atom is 0.435 e. The Morgan fingerprint density at radius 3 is 2.21 bits per heavy atom. The van der Waals surface area contributed by atoms with Crippen molar-refractivity contribution in [1.29, 1.82) is 0 Å². The van der Waals surface area contributed by atoms with Crippen molar-refractivity contribution >= 4 is 30.5 Å². The van der Waals surface area contributed by atoms with Crippen LogP contribution in [0.15, 0.2) is 4.79 Å². The molecule has 0 atom stereocenters. The summed E-state index contributed by atoms with van der Waals surface area (Å²) in [6.45, 7) is 7.49. The van der Waals surface area contributed by atoms with E-state index in [4.69, 9.17) is 0 Å². The SMILES string of the molecule is Cc1c(C(F)(F)F)nn(CC(C)C)c(=O)c1N1CCNCC1.Cl.Cl. The van der Waals surface area contributed by atoms with E-state index in [-0.39, 0.29) is 48.5 Å². The van der Waals surface area contributed by atoms with Gasteiger partial charge >= 0.3 is 6.18 Å². The molecule has 0 amide bonds. The molecule has 1 saturated heterocycles. The molecule has 2 rings (SSSR count). The van der Waals surface area contributed by atoms with Gasteiger partial charge in [0.1, 0.15) is 5.69 Å². The lowest BCUT2D eigenvalue weighted by Gasteiger charge is -2.31. The van der Waals surface area contributed by atoms with E-state index < -0.39 is 17.4 Å². The topological polar surface area (TPSA) is 50.2 Å². The average molecular weight is 391 g/mol. The van der Waals surface area contributed by atoms with Crippen molar-refractivity contribution < 1.29 is 13.2 Å². The molecule has 24 heavy (non-hydrogen) atoms. The number of piperazine rings is 1. The van der Waals surface area contributed by atoms with E-state index in [1.54, 1.807) is 4.90 Å². The third-order valence-corrected chi connectivity index (χ3v) is 3.61. The van der Waals surface area contributed by atoms with Crippen molar-refractivity contribution in [3.8, 4) is 0 Å². The van der Waals surface area contributed by atoms with E-state index in [0.717, 1.165) is 4.68 Å². The van der Waals surface area contributed by atoms with Gasteiger partial charge in [-0.1, -0.05) is 13.8 Å². The second-order valence-electron chi connectivity index (χ2n) is 5.94. The molecule has 1 fully saturated rings. The first-order valence-corrected chi connectivity index (χ1v) is 7.36. The van der Waals surface area contributed by atoms with Crippen LogP contribution in [0.2, 0.25) is 0 Å². The molecule has 0 spiro atoms. The third-order valence-electron chi connectivity index (χ3n) is 3.61. The number of hydrogen-bond acceptors (Lipinski definition) is 4. The Hall–Kier alpha value is -0.990. The van der Waals surface area contributed by atoms with Gasteiger partial charge in [-0.2, -0.15) is 18.3 Å². The number of nitrogens with one attached hydrogen (secondary N) is 1. The molecule has 0 aliphatic carbocycles. The van der Waals surface area contributed by atoms with Crippen molar-refractivity contribution in [1.82, 2.24) is 15.1 Å². The van der Waals surface area contributed by atoms with Gasteiger partial charge in [-0.25, -0.2) is 4.68 Å². The maximum atomic E-state index is 13.2. The lowest BCUT2D eigenvalue weighted by atomic mass is 10.1. The van der Waals surface area contributed by atoms with Crippen molar-refractivity contribution in [2.45, 2.75) is 33.5 Å². The van der Waals surface area contributed by atoms with Gasteiger partial charge in [0.2, 0.25) is 0 Å². The Bertz CT molecular complexity index is 599. The molecule has 10 heteroatoms. The van der Waals surface area contributed by atoms with Gasteiger partial charge in [-0.3, -0.25) is 4.79 Å². The van der Waals surface area contributed by atoms with Gasteiger partial charge in [0.05, 0.1) is 0 Å². The van der Waals surface area contributed by atoms with Gasteiger partial charge in [0.15, 0.2) is 5.69 Å². The van der Waals surface area contributed by atoms with Crippen molar-refractivity contribution in [2.24, 2.45) is 5.92 Å². The number of aromatic nitrogens is 2. The maximum absolute atomic E-state index is 13.2. The Balaban J connectivity index is 0.00000264. The van der Waals surface area contributed by atoms with Crippen molar-refractivity contribution in [3.05, 3.63) is 21.6 Å². The van der Waals surface area contributed by atoms with Gasteiger partial charge in [0, 0.05) is 38.3 Å². The highest BCUT2D eigenvalue weighted by molar-refractivity contribution is 5.85. The molecule has 0 unspecified atom stereocenters. The largest absolute Gasteiger partial charge is 0.435 e. The molecular formula is C14H23Cl2F3N4O. The van der Waals surface area contributed by atoms with Crippen LogP contribution < -0.4 is 15.8 Å². The smallest absolute Gasteiger partial charge is 0.364 e. The summed E-state index contributed by atoms with van der Waals surface area (Å²) in [6, 6.07) is 0. The molecule has 1 aliphatic rings. The fraction of sp³-hybridized carbons (Fsp3) is 0.714. The van der Waals surface area contributed by atoms with E-state index >= 15 is 0 Å². The number of hydrogen-bond donors (Lipinski definition) is 1. The third kappa shape index (κ3) is 5.00. The van der Waals surface area contributed by atoms with E-state index in [0.29, 0.717) is 26.2 Å². The summed E-state index contributed by atoms with van der Waals surface area (Å²) >= 11 is 0.